The maximum Gasteiger partial charge on any atom is 0.417 e. The number of nitriles is 1. The molecule has 0 bridgehead atoms. The number of hydrogen-bond acceptors (Lipinski definition) is 9. The van der Waals surface area contributed by atoms with Gasteiger partial charge in [-0.1, -0.05) is 0 Å². The summed E-state index contributed by atoms with van der Waals surface area (Å²) in [7, 11) is 0. The molecule has 2 aromatic carbocycles. The lowest BCUT2D eigenvalue weighted by atomic mass is 9.72. The predicted molar refractivity (Wildman–Crippen MR) is 185 cm³/mol. The van der Waals surface area contributed by atoms with Crippen LogP contribution in [0, 0.1) is 16.7 Å². The van der Waals surface area contributed by atoms with Crippen molar-refractivity contribution in [3.63, 3.8) is 0 Å². The number of alkyl halides is 3. The largest absolute Gasteiger partial charge is 0.417 e. The summed E-state index contributed by atoms with van der Waals surface area (Å²) >= 11 is 0. The van der Waals surface area contributed by atoms with Gasteiger partial charge in [-0.15, -0.1) is 0 Å². The van der Waals surface area contributed by atoms with Gasteiger partial charge in [-0.05, 0) is 87.8 Å². The third kappa shape index (κ3) is 6.49. The van der Waals surface area contributed by atoms with Gasteiger partial charge in [-0.25, -0.2) is 0 Å². The molecule has 1 unspecified atom stereocenters. The van der Waals surface area contributed by atoms with Gasteiger partial charge in [0.15, 0.2) is 0 Å². The van der Waals surface area contributed by atoms with E-state index in [0.717, 1.165) is 80.3 Å². The first-order valence-corrected chi connectivity index (χ1v) is 17.4. The first kappa shape index (κ1) is 35.7. The highest BCUT2D eigenvalue weighted by Crippen LogP contribution is 2.43. The van der Waals surface area contributed by atoms with Gasteiger partial charge in [0.1, 0.15) is 11.6 Å². The topological polar surface area (TPSA) is 161 Å². The molecule has 0 saturated carbocycles. The van der Waals surface area contributed by atoms with E-state index in [1.807, 2.05) is 6.07 Å². The number of piperidine rings is 3. The Bertz CT molecular complexity index is 2080. The maximum absolute atomic E-state index is 13.5. The van der Waals surface area contributed by atoms with Crippen molar-refractivity contribution in [3.8, 4) is 6.07 Å². The van der Waals surface area contributed by atoms with Gasteiger partial charge in [-0.2, -0.15) is 23.5 Å². The van der Waals surface area contributed by atoms with Gasteiger partial charge in [-0.3, -0.25) is 38.9 Å². The molecular weight excluding hydrogens is 693 g/mol. The Morgan fingerprint density at radius 2 is 1.70 bits per heavy atom. The third-order valence-electron chi connectivity index (χ3n) is 11.0. The van der Waals surface area contributed by atoms with Crippen molar-refractivity contribution in [2.75, 3.05) is 41.3 Å². The minimum absolute atomic E-state index is 0.0145. The maximum atomic E-state index is 13.5. The van der Waals surface area contributed by atoms with Crippen molar-refractivity contribution in [2.24, 2.45) is 5.41 Å². The van der Waals surface area contributed by atoms with E-state index in [2.05, 4.69) is 25.5 Å². The van der Waals surface area contributed by atoms with E-state index in [9.17, 15) is 37.1 Å². The molecule has 3 aromatic rings. The minimum Gasteiger partial charge on any atom is -0.371 e. The van der Waals surface area contributed by atoms with E-state index in [4.69, 9.17) is 5.26 Å². The average Bonchev–Trinajstić information content (AvgIpc) is 3.72. The molecule has 3 saturated heterocycles. The lowest BCUT2D eigenvalue weighted by Crippen LogP contribution is -2.54. The molecule has 4 aliphatic rings. The summed E-state index contributed by atoms with van der Waals surface area (Å²) < 4.78 is 42.0. The van der Waals surface area contributed by atoms with Crippen LogP contribution in [0.1, 0.15) is 84.2 Å². The Morgan fingerprint density at radius 3 is 2.40 bits per heavy atom. The molecule has 4 aliphatic heterocycles. The van der Waals surface area contributed by atoms with E-state index < -0.39 is 58.4 Å². The van der Waals surface area contributed by atoms with E-state index in [0.29, 0.717) is 0 Å². The van der Waals surface area contributed by atoms with Gasteiger partial charge >= 0.3 is 6.18 Å². The number of hydrogen-bond donors (Lipinski definition) is 2. The second kappa shape index (κ2) is 13.0. The number of carbonyl (C=O) groups is 5. The zero-order chi connectivity index (χ0) is 37.9. The molecule has 13 nitrogen and oxygen atoms in total. The number of benzene rings is 2. The van der Waals surface area contributed by atoms with Gasteiger partial charge in [0.2, 0.25) is 11.8 Å². The minimum atomic E-state index is -4.76. The highest BCUT2D eigenvalue weighted by molar-refractivity contribution is 6.23. The van der Waals surface area contributed by atoms with E-state index in [-0.39, 0.29) is 35.1 Å². The molecule has 3 fully saturated rings. The smallest absolute Gasteiger partial charge is 0.371 e. The van der Waals surface area contributed by atoms with Crippen molar-refractivity contribution in [1.29, 1.82) is 5.26 Å². The van der Waals surface area contributed by atoms with Crippen molar-refractivity contribution < 1.29 is 37.1 Å². The standard InChI is InChI=1S/C37H37F3N8O5/c1-35(2,34(53)43-23-5-4-22(18-41)28(16-23)37(38,39)40)47-20-25(19-42-47)46-13-3-10-36(21-46)11-14-45(15-12-36)24-6-7-26-27(17-24)33(52)48(32(26)51)29-8-9-30(49)44-31(29)50/h4-7,16-17,19-20,29H,3,8-15,21H2,1-2H3,(H,43,53)(H,44,49,50). The van der Waals surface area contributed by atoms with E-state index in [1.54, 1.807) is 38.4 Å². The van der Waals surface area contributed by atoms with Crippen molar-refractivity contribution in [1.82, 2.24) is 20.0 Å². The number of anilines is 3. The van der Waals surface area contributed by atoms with Gasteiger partial charge in [0, 0.05) is 50.2 Å². The summed E-state index contributed by atoms with van der Waals surface area (Å²) in [6, 6.07) is 8.73. The second-order valence-corrected chi connectivity index (χ2v) is 14.7. The van der Waals surface area contributed by atoms with Crippen LogP contribution in [0.4, 0.5) is 30.2 Å². The van der Waals surface area contributed by atoms with E-state index in [1.165, 1.54) is 16.8 Å². The summed E-state index contributed by atoms with van der Waals surface area (Å²) in [5.41, 5.74) is -0.857. The van der Waals surface area contributed by atoms with Crippen LogP contribution in [0.25, 0.3) is 0 Å². The molecule has 2 N–H and O–H groups in total. The lowest BCUT2D eigenvalue weighted by molar-refractivity contribution is -0.138. The monoisotopic (exact) mass is 730 g/mol. The molecule has 1 spiro atoms. The SMILES string of the molecule is CC(C)(C(=O)Nc1ccc(C#N)c(C(F)(F)F)c1)n1cc(N2CCCC3(CCN(c4ccc5c(c4)C(=O)N(C4CCC(=O)NC4=O)C5=O)CC3)C2)cn1. The predicted octanol–water partition coefficient (Wildman–Crippen LogP) is 4.44. The number of nitrogens with one attached hydrogen (secondary N) is 2. The summed E-state index contributed by atoms with van der Waals surface area (Å²) in [5.74, 6) is -2.72. The lowest BCUT2D eigenvalue weighted by Gasteiger charge is -2.48. The number of aromatic nitrogens is 2. The Balaban J connectivity index is 0.993. The molecule has 0 radical (unpaired) electrons. The fourth-order valence-electron chi connectivity index (χ4n) is 7.86. The molecule has 7 rings (SSSR count). The third-order valence-corrected chi connectivity index (χ3v) is 11.0. The van der Waals surface area contributed by atoms with Gasteiger partial charge in [0.25, 0.3) is 17.7 Å². The molecule has 53 heavy (non-hydrogen) atoms. The van der Waals surface area contributed by atoms with Crippen LogP contribution in [0.2, 0.25) is 0 Å². The molecule has 16 heteroatoms. The fourth-order valence-corrected chi connectivity index (χ4v) is 7.86. The number of nitrogens with zero attached hydrogens (tertiary/aromatic N) is 6. The first-order valence-electron chi connectivity index (χ1n) is 17.4. The number of amides is 5. The Hall–Kier alpha value is -5.72. The zero-order valence-corrected chi connectivity index (χ0v) is 29.1. The van der Waals surface area contributed by atoms with Crippen LogP contribution >= 0.6 is 0 Å². The fraction of sp³-hybridized carbons (Fsp3) is 0.432. The van der Waals surface area contributed by atoms with Gasteiger partial charge < -0.3 is 15.1 Å². The Labute approximate surface area is 302 Å². The molecule has 1 aromatic heterocycles. The van der Waals surface area contributed by atoms with Crippen LogP contribution in [-0.2, 0) is 26.1 Å². The number of fused-ring (bicyclic) bond motifs is 1. The summed E-state index contributed by atoms with van der Waals surface area (Å²) in [4.78, 5) is 69.3. The molecule has 1 atom stereocenters. The molecular formula is C37H37F3N8O5. The zero-order valence-electron chi connectivity index (χ0n) is 29.1. The van der Waals surface area contributed by atoms with Crippen LogP contribution in [-0.4, -0.2) is 76.4 Å². The first-order chi connectivity index (χ1) is 25.1. The molecule has 5 amide bonds. The van der Waals surface area contributed by atoms with Crippen LogP contribution < -0.4 is 20.4 Å². The summed E-state index contributed by atoms with van der Waals surface area (Å²) in [6.07, 6.45) is 2.58. The quantitative estimate of drug-likeness (QED) is 0.350. The number of halogens is 3. The Morgan fingerprint density at radius 1 is 0.962 bits per heavy atom. The average molecular weight is 731 g/mol. The molecule has 0 aliphatic carbocycles. The van der Waals surface area contributed by atoms with Gasteiger partial charge in [0.05, 0.1) is 40.2 Å². The molecule has 276 valence electrons. The Kier molecular flexibility index (Phi) is 8.78. The van der Waals surface area contributed by atoms with Crippen molar-refractivity contribution in [3.05, 3.63) is 71.0 Å². The highest BCUT2D eigenvalue weighted by atomic mass is 19.4. The van der Waals surface area contributed by atoms with E-state index >= 15 is 0 Å². The number of imide groups is 2. The molecule has 5 heterocycles. The summed E-state index contributed by atoms with van der Waals surface area (Å²) in [6.45, 7) is 6.25. The number of carbonyl (C=O) groups excluding carboxylic acids is 5. The van der Waals surface area contributed by atoms with Crippen molar-refractivity contribution >= 4 is 46.6 Å². The highest BCUT2D eigenvalue weighted by Gasteiger charge is 2.45. The normalized spacial score (nSPS) is 20.4. The van der Waals surface area contributed by atoms with Crippen molar-refractivity contribution in [2.45, 2.75) is 70.1 Å². The van der Waals surface area contributed by atoms with Crippen LogP contribution in [0.3, 0.4) is 0 Å². The van der Waals surface area contributed by atoms with Crippen LogP contribution in [0.15, 0.2) is 48.8 Å². The second-order valence-electron chi connectivity index (χ2n) is 14.7. The van der Waals surface area contributed by atoms with Crippen LogP contribution in [0.5, 0.6) is 0 Å². The summed E-state index contributed by atoms with van der Waals surface area (Å²) in [5, 5.41) is 18.3. The number of rotatable bonds is 6.